The molecule has 4 nitrogen and oxygen atoms in total. The summed E-state index contributed by atoms with van der Waals surface area (Å²) < 4.78 is 1.99. The van der Waals surface area contributed by atoms with Gasteiger partial charge in [0.25, 0.3) is 0 Å². The van der Waals surface area contributed by atoms with Gasteiger partial charge < -0.3 is 9.47 Å². The number of anilines is 1. The van der Waals surface area contributed by atoms with Crippen molar-refractivity contribution in [2.24, 2.45) is 7.05 Å². The molecule has 0 unspecified atom stereocenters. The van der Waals surface area contributed by atoms with Gasteiger partial charge in [-0.05, 0) is 42.0 Å². The van der Waals surface area contributed by atoms with Gasteiger partial charge in [0.1, 0.15) is 0 Å². The van der Waals surface area contributed by atoms with Crippen molar-refractivity contribution in [1.29, 1.82) is 0 Å². The van der Waals surface area contributed by atoms with Gasteiger partial charge in [-0.3, -0.25) is 0 Å². The molecule has 0 amide bonds. The number of aromatic nitrogens is 3. The van der Waals surface area contributed by atoms with Crippen molar-refractivity contribution in [2.45, 2.75) is 10.9 Å². The summed E-state index contributed by atoms with van der Waals surface area (Å²) in [5.41, 5.74) is 3.09. The molecular weight excluding hydrogens is 375 g/mol. The van der Waals surface area contributed by atoms with E-state index in [4.69, 9.17) is 23.2 Å². The van der Waals surface area contributed by atoms with Crippen LogP contribution in [0.3, 0.4) is 0 Å². The maximum absolute atomic E-state index is 6.23. The van der Waals surface area contributed by atoms with Crippen LogP contribution in [0.25, 0.3) is 11.4 Å². The molecule has 0 spiro atoms. The van der Waals surface area contributed by atoms with Gasteiger partial charge in [0.2, 0.25) is 0 Å². The second-order valence-electron chi connectivity index (χ2n) is 5.80. The van der Waals surface area contributed by atoms with Gasteiger partial charge >= 0.3 is 0 Å². The number of hydrogen-bond acceptors (Lipinski definition) is 4. The van der Waals surface area contributed by atoms with Crippen LogP contribution in [0.2, 0.25) is 10.0 Å². The fraction of sp³-hybridized carbons (Fsp3) is 0.222. The highest BCUT2D eigenvalue weighted by molar-refractivity contribution is 7.98. The molecule has 0 atom stereocenters. The maximum atomic E-state index is 6.23. The molecule has 0 aliphatic heterocycles. The molecule has 0 N–H and O–H groups in total. The summed E-state index contributed by atoms with van der Waals surface area (Å²) in [5, 5.41) is 10.8. The van der Waals surface area contributed by atoms with E-state index < -0.39 is 0 Å². The number of benzene rings is 2. The van der Waals surface area contributed by atoms with Gasteiger partial charge in [-0.15, -0.1) is 10.2 Å². The Kier molecular flexibility index (Phi) is 5.57. The van der Waals surface area contributed by atoms with E-state index in [-0.39, 0.29) is 0 Å². The number of halogens is 2. The highest BCUT2D eigenvalue weighted by Crippen LogP contribution is 2.32. The molecule has 0 saturated heterocycles. The molecule has 0 bridgehead atoms. The van der Waals surface area contributed by atoms with E-state index in [0.717, 1.165) is 27.8 Å². The minimum Gasteiger partial charge on any atom is -0.378 e. The average Bonchev–Trinajstić information content (AvgIpc) is 2.95. The smallest absolute Gasteiger partial charge is 0.191 e. The third-order valence-corrected chi connectivity index (χ3v) is 5.64. The van der Waals surface area contributed by atoms with Crippen molar-refractivity contribution in [3.8, 4) is 11.4 Å². The first-order valence-electron chi connectivity index (χ1n) is 7.70. The summed E-state index contributed by atoms with van der Waals surface area (Å²) in [5.74, 6) is 1.47. The van der Waals surface area contributed by atoms with Crippen LogP contribution >= 0.6 is 35.0 Å². The van der Waals surface area contributed by atoms with E-state index in [2.05, 4.69) is 39.4 Å². The summed E-state index contributed by atoms with van der Waals surface area (Å²) in [6.45, 7) is 0. The average molecular weight is 393 g/mol. The van der Waals surface area contributed by atoms with Crippen LogP contribution in [0.4, 0.5) is 5.69 Å². The highest BCUT2D eigenvalue weighted by atomic mass is 35.5. The van der Waals surface area contributed by atoms with Crippen LogP contribution in [0.1, 0.15) is 5.56 Å². The summed E-state index contributed by atoms with van der Waals surface area (Å²) in [7, 11) is 6.00. The highest BCUT2D eigenvalue weighted by Gasteiger charge is 2.13. The van der Waals surface area contributed by atoms with Gasteiger partial charge in [-0.25, -0.2) is 0 Å². The predicted octanol–water partition coefficient (Wildman–Crippen LogP) is 5.15. The normalized spacial score (nSPS) is 10.9. The zero-order valence-corrected chi connectivity index (χ0v) is 16.5. The zero-order valence-electron chi connectivity index (χ0n) is 14.2. The fourth-order valence-corrected chi connectivity index (χ4v) is 4.06. The molecule has 0 aliphatic rings. The van der Waals surface area contributed by atoms with Gasteiger partial charge in [0, 0.05) is 48.2 Å². The predicted molar refractivity (Wildman–Crippen MR) is 107 cm³/mol. The summed E-state index contributed by atoms with van der Waals surface area (Å²) in [4.78, 5) is 2.06. The van der Waals surface area contributed by atoms with Gasteiger partial charge in [-0.1, -0.05) is 41.0 Å². The molecule has 2 aromatic carbocycles. The molecule has 1 heterocycles. The zero-order chi connectivity index (χ0) is 18.0. The van der Waals surface area contributed by atoms with Crippen LogP contribution in [0.5, 0.6) is 0 Å². The van der Waals surface area contributed by atoms with Crippen LogP contribution in [-0.4, -0.2) is 28.9 Å². The largest absolute Gasteiger partial charge is 0.378 e. The molecule has 0 fully saturated rings. The molecule has 3 aromatic rings. The van der Waals surface area contributed by atoms with Crippen LogP contribution in [-0.2, 0) is 12.8 Å². The molecule has 0 radical (unpaired) electrons. The topological polar surface area (TPSA) is 34.0 Å². The van der Waals surface area contributed by atoms with Crippen LogP contribution in [0, 0.1) is 0 Å². The first-order valence-corrected chi connectivity index (χ1v) is 9.44. The minimum absolute atomic E-state index is 0.643. The molecule has 3 rings (SSSR count). The Balaban J connectivity index is 1.79. The molecule has 130 valence electrons. The SMILES string of the molecule is CN(C)c1ccc(-c2nnc(SCc3c(Cl)cccc3Cl)n2C)cc1. The molecule has 0 aliphatic carbocycles. The third kappa shape index (κ3) is 3.94. The van der Waals surface area contributed by atoms with Crippen molar-refractivity contribution in [1.82, 2.24) is 14.8 Å². The van der Waals surface area contributed by atoms with Crippen molar-refractivity contribution < 1.29 is 0 Å². The van der Waals surface area contributed by atoms with Crippen LogP contribution < -0.4 is 4.90 Å². The van der Waals surface area contributed by atoms with Crippen molar-refractivity contribution in [2.75, 3.05) is 19.0 Å². The molecule has 7 heteroatoms. The van der Waals surface area contributed by atoms with E-state index in [1.807, 2.05) is 43.9 Å². The summed E-state index contributed by atoms with van der Waals surface area (Å²) in [6.07, 6.45) is 0. The van der Waals surface area contributed by atoms with Crippen molar-refractivity contribution in [3.63, 3.8) is 0 Å². The second-order valence-corrected chi connectivity index (χ2v) is 7.55. The molecule has 25 heavy (non-hydrogen) atoms. The first-order chi connectivity index (χ1) is 12.0. The minimum atomic E-state index is 0.643. The van der Waals surface area contributed by atoms with Crippen molar-refractivity contribution in [3.05, 3.63) is 58.1 Å². The molecule has 1 aromatic heterocycles. The number of rotatable bonds is 5. The van der Waals surface area contributed by atoms with E-state index in [9.17, 15) is 0 Å². The van der Waals surface area contributed by atoms with E-state index in [0.29, 0.717) is 15.8 Å². The second kappa shape index (κ2) is 7.68. The Bertz CT molecular complexity index is 855. The first kappa shape index (κ1) is 18.1. The lowest BCUT2D eigenvalue weighted by atomic mass is 10.2. The Morgan fingerprint density at radius 1 is 1.00 bits per heavy atom. The fourth-order valence-electron chi connectivity index (χ4n) is 2.41. The lowest BCUT2D eigenvalue weighted by Crippen LogP contribution is -2.08. The van der Waals surface area contributed by atoms with E-state index in [1.165, 1.54) is 0 Å². The Hall–Kier alpha value is -1.69. The third-order valence-electron chi connectivity index (χ3n) is 3.88. The molecular formula is C18H18Cl2N4S. The number of thioether (sulfide) groups is 1. The van der Waals surface area contributed by atoms with Crippen molar-refractivity contribution >= 4 is 40.7 Å². The van der Waals surface area contributed by atoms with E-state index >= 15 is 0 Å². The van der Waals surface area contributed by atoms with Gasteiger partial charge in [0.05, 0.1) is 0 Å². The summed E-state index contributed by atoms with van der Waals surface area (Å²) in [6, 6.07) is 13.8. The van der Waals surface area contributed by atoms with Gasteiger partial charge in [-0.2, -0.15) is 0 Å². The standard InChI is InChI=1S/C18H18Cl2N4S/c1-23(2)13-9-7-12(8-10-13)17-21-22-18(24(17)3)25-11-14-15(19)5-4-6-16(14)20/h4-10H,11H2,1-3H3. The Morgan fingerprint density at radius 3 is 2.24 bits per heavy atom. The molecule has 0 saturated carbocycles. The maximum Gasteiger partial charge on any atom is 0.191 e. The lowest BCUT2D eigenvalue weighted by Gasteiger charge is -2.12. The van der Waals surface area contributed by atoms with Gasteiger partial charge in [0.15, 0.2) is 11.0 Å². The monoisotopic (exact) mass is 392 g/mol. The van der Waals surface area contributed by atoms with E-state index in [1.54, 1.807) is 11.8 Å². The Morgan fingerprint density at radius 2 is 1.64 bits per heavy atom. The Labute approximate surface area is 161 Å². The number of nitrogens with zero attached hydrogens (tertiary/aromatic N) is 4. The van der Waals surface area contributed by atoms with Crippen LogP contribution in [0.15, 0.2) is 47.6 Å². The number of hydrogen-bond donors (Lipinski definition) is 0. The summed E-state index contributed by atoms with van der Waals surface area (Å²) >= 11 is 14.0. The lowest BCUT2D eigenvalue weighted by molar-refractivity contribution is 0.794. The quantitative estimate of drug-likeness (QED) is 0.562.